The number of para-hydroxylation sites is 1. The Labute approximate surface area is 193 Å². The van der Waals surface area contributed by atoms with Crippen LogP contribution in [0.1, 0.15) is 45.8 Å². The minimum Gasteiger partial charge on any atom is -0.489 e. The Bertz CT molecular complexity index is 1330. The molecule has 0 saturated carbocycles. The Hall–Kier alpha value is -4.04. The van der Waals surface area contributed by atoms with Gasteiger partial charge < -0.3 is 14.6 Å². The van der Waals surface area contributed by atoms with Crippen molar-refractivity contribution in [3.63, 3.8) is 0 Å². The van der Waals surface area contributed by atoms with Crippen molar-refractivity contribution < 1.29 is 9.53 Å². The fourth-order valence-corrected chi connectivity index (χ4v) is 4.64. The standard InChI is InChI=1S/C28H25N3O2/c29-17-22-6-1-2-7-23(22)19-33-24-9-5-8-21(16-24)28(32)31-14-12-20(13-15-31)26-18-30-27-11-4-3-10-25(26)27/h1-11,16,18,20,30H,12-15,19H2. The molecule has 1 aliphatic heterocycles. The molecule has 1 aromatic heterocycles. The summed E-state index contributed by atoms with van der Waals surface area (Å²) in [6, 6.07) is 25.3. The average molecular weight is 436 g/mol. The van der Waals surface area contributed by atoms with Gasteiger partial charge in [-0.3, -0.25) is 4.79 Å². The van der Waals surface area contributed by atoms with Gasteiger partial charge in [-0.25, -0.2) is 0 Å². The number of ether oxygens (including phenoxy) is 1. The topological polar surface area (TPSA) is 69.1 Å². The van der Waals surface area contributed by atoms with Crippen LogP contribution in [0.15, 0.2) is 79.0 Å². The lowest BCUT2D eigenvalue weighted by Crippen LogP contribution is -2.37. The molecular formula is C28H25N3O2. The van der Waals surface area contributed by atoms with Crippen molar-refractivity contribution >= 4 is 16.8 Å². The van der Waals surface area contributed by atoms with Crippen LogP contribution in [0.25, 0.3) is 10.9 Å². The quantitative estimate of drug-likeness (QED) is 0.441. The van der Waals surface area contributed by atoms with Gasteiger partial charge in [0.2, 0.25) is 0 Å². The molecule has 33 heavy (non-hydrogen) atoms. The average Bonchev–Trinajstić information content (AvgIpc) is 3.32. The first-order valence-electron chi connectivity index (χ1n) is 11.3. The van der Waals surface area contributed by atoms with Crippen LogP contribution in [0.2, 0.25) is 0 Å². The number of fused-ring (bicyclic) bond motifs is 1. The van der Waals surface area contributed by atoms with Crippen LogP contribution in [0, 0.1) is 11.3 Å². The van der Waals surface area contributed by atoms with Gasteiger partial charge in [0.05, 0.1) is 11.6 Å². The number of aromatic nitrogens is 1. The van der Waals surface area contributed by atoms with Gasteiger partial charge in [0, 0.05) is 41.3 Å². The highest BCUT2D eigenvalue weighted by Crippen LogP contribution is 2.33. The molecule has 0 unspecified atom stereocenters. The normalized spacial score (nSPS) is 14.2. The van der Waals surface area contributed by atoms with Gasteiger partial charge in [0.15, 0.2) is 0 Å². The van der Waals surface area contributed by atoms with Gasteiger partial charge in [-0.2, -0.15) is 5.26 Å². The largest absolute Gasteiger partial charge is 0.489 e. The summed E-state index contributed by atoms with van der Waals surface area (Å²) in [5, 5.41) is 10.5. The molecular weight excluding hydrogens is 410 g/mol. The predicted octanol–water partition coefficient (Wildman–Crippen LogP) is 5.64. The number of nitriles is 1. The van der Waals surface area contributed by atoms with Crippen molar-refractivity contribution in [1.82, 2.24) is 9.88 Å². The number of rotatable bonds is 5. The zero-order valence-electron chi connectivity index (χ0n) is 18.3. The summed E-state index contributed by atoms with van der Waals surface area (Å²) in [4.78, 5) is 18.5. The molecule has 5 rings (SSSR count). The molecule has 2 heterocycles. The zero-order chi connectivity index (χ0) is 22.6. The van der Waals surface area contributed by atoms with Crippen LogP contribution in [-0.2, 0) is 6.61 Å². The molecule has 0 aliphatic carbocycles. The molecule has 5 heteroatoms. The molecule has 1 aliphatic rings. The molecule has 164 valence electrons. The van der Waals surface area contributed by atoms with Crippen molar-refractivity contribution in [3.05, 3.63) is 101 Å². The summed E-state index contributed by atoms with van der Waals surface area (Å²) >= 11 is 0. The Morgan fingerprint density at radius 3 is 2.67 bits per heavy atom. The minimum atomic E-state index is 0.0373. The lowest BCUT2D eigenvalue weighted by atomic mass is 9.89. The molecule has 4 aromatic rings. The molecule has 5 nitrogen and oxygen atoms in total. The maximum atomic E-state index is 13.2. The second-order valence-electron chi connectivity index (χ2n) is 8.44. The molecule has 1 fully saturated rings. The van der Waals surface area contributed by atoms with E-state index >= 15 is 0 Å². The van der Waals surface area contributed by atoms with Crippen LogP contribution in [0.4, 0.5) is 0 Å². The molecule has 3 aromatic carbocycles. The number of nitrogens with one attached hydrogen (secondary N) is 1. The van der Waals surface area contributed by atoms with Gasteiger partial charge in [-0.05, 0) is 54.7 Å². The first kappa shape index (κ1) is 20.8. The number of hydrogen-bond donors (Lipinski definition) is 1. The number of carbonyl (C=O) groups is 1. The van der Waals surface area contributed by atoms with Crippen LogP contribution in [0.3, 0.4) is 0 Å². The molecule has 1 amide bonds. The number of benzene rings is 3. The molecule has 0 atom stereocenters. The highest BCUT2D eigenvalue weighted by molar-refractivity contribution is 5.94. The number of hydrogen-bond acceptors (Lipinski definition) is 3. The van der Waals surface area contributed by atoms with Crippen LogP contribution in [-0.4, -0.2) is 28.9 Å². The summed E-state index contributed by atoms with van der Waals surface area (Å²) in [6.07, 6.45) is 4.03. The van der Waals surface area contributed by atoms with Gasteiger partial charge >= 0.3 is 0 Å². The van der Waals surface area contributed by atoms with Gasteiger partial charge in [-0.1, -0.05) is 42.5 Å². The van der Waals surface area contributed by atoms with Crippen molar-refractivity contribution in [2.45, 2.75) is 25.4 Å². The minimum absolute atomic E-state index is 0.0373. The number of aromatic amines is 1. The SMILES string of the molecule is N#Cc1ccccc1COc1cccc(C(=O)N2CCC(c3c[nH]c4ccccc34)CC2)c1. The first-order valence-corrected chi connectivity index (χ1v) is 11.3. The smallest absolute Gasteiger partial charge is 0.253 e. The first-order chi connectivity index (χ1) is 16.2. The van der Waals surface area contributed by atoms with Gasteiger partial charge in [-0.15, -0.1) is 0 Å². The van der Waals surface area contributed by atoms with Crippen molar-refractivity contribution in [3.8, 4) is 11.8 Å². The van der Waals surface area contributed by atoms with E-state index in [0.717, 1.165) is 31.5 Å². The van der Waals surface area contributed by atoms with E-state index in [9.17, 15) is 10.1 Å². The number of piperidine rings is 1. The van der Waals surface area contributed by atoms with Crippen LogP contribution >= 0.6 is 0 Å². The highest BCUT2D eigenvalue weighted by Gasteiger charge is 2.26. The molecule has 0 radical (unpaired) electrons. The number of carbonyl (C=O) groups excluding carboxylic acids is 1. The summed E-state index contributed by atoms with van der Waals surface area (Å²) < 4.78 is 5.89. The lowest BCUT2D eigenvalue weighted by molar-refractivity contribution is 0.0713. The Morgan fingerprint density at radius 2 is 1.82 bits per heavy atom. The van der Waals surface area contributed by atoms with E-state index in [4.69, 9.17) is 4.74 Å². The summed E-state index contributed by atoms with van der Waals surface area (Å²) in [5.41, 5.74) is 4.58. The van der Waals surface area contributed by atoms with E-state index in [-0.39, 0.29) is 12.5 Å². The van der Waals surface area contributed by atoms with E-state index in [0.29, 0.717) is 22.8 Å². The maximum Gasteiger partial charge on any atom is 0.253 e. The molecule has 1 saturated heterocycles. The van der Waals surface area contributed by atoms with Crippen molar-refractivity contribution in [1.29, 1.82) is 5.26 Å². The van der Waals surface area contributed by atoms with Crippen molar-refractivity contribution in [2.24, 2.45) is 0 Å². The number of likely N-dealkylation sites (tertiary alicyclic amines) is 1. The third kappa shape index (κ3) is 4.33. The fourth-order valence-electron chi connectivity index (χ4n) is 4.64. The van der Waals surface area contributed by atoms with E-state index in [1.54, 1.807) is 12.1 Å². The van der Waals surface area contributed by atoms with E-state index < -0.39 is 0 Å². The van der Waals surface area contributed by atoms with E-state index in [1.165, 1.54) is 16.5 Å². The molecule has 0 spiro atoms. The second kappa shape index (κ2) is 9.22. The third-order valence-corrected chi connectivity index (χ3v) is 6.46. The predicted molar refractivity (Wildman–Crippen MR) is 128 cm³/mol. The Morgan fingerprint density at radius 1 is 1.03 bits per heavy atom. The summed E-state index contributed by atoms with van der Waals surface area (Å²) in [6.45, 7) is 1.77. The van der Waals surface area contributed by atoms with Gasteiger partial charge in [0.1, 0.15) is 12.4 Å². The van der Waals surface area contributed by atoms with E-state index in [1.807, 2.05) is 47.4 Å². The number of H-pyrrole nitrogens is 1. The maximum absolute atomic E-state index is 13.2. The number of amides is 1. The van der Waals surface area contributed by atoms with E-state index in [2.05, 4.69) is 35.4 Å². The zero-order valence-corrected chi connectivity index (χ0v) is 18.3. The number of nitrogens with zero attached hydrogens (tertiary/aromatic N) is 2. The second-order valence-corrected chi connectivity index (χ2v) is 8.44. The highest BCUT2D eigenvalue weighted by atomic mass is 16.5. The van der Waals surface area contributed by atoms with Crippen LogP contribution < -0.4 is 4.74 Å². The monoisotopic (exact) mass is 435 g/mol. The third-order valence-electron chi connectivity index (χ3n) is 6.46. The lowest BCUT2D eigenvalue weighted by Gasteiger charge is -2.32. The molecule has 1 N–H and O–H groups in total. The fraction of sp³-hybridized carbons (Fsp3) is 0.214. The Balaban J connectivity index is 1.23. The van der Waals surface area contributed by atoms with Crippen LogP contribution in [0.5, 0.6) is 5.75 Å². The Kier molecular flexibility index (Phi) is 5.82. The molecule has 0 bridgehead atoms. The van der Waals surface area contributed by atoms with Gasteiger partial charge in [0.25, 0.3) is 5.91 Å². The summed E-state index contributed by atoms with van der Waals surface area (Å²) in [5.74, 6) is 1.12. The summed E-state index contributed by atoms with van der Waals surface area (Å²) in [7, 11) is 0. The van der Waals surface area contributed by atoms with Crippen molar-refractivity contribution in [2.75, 3.05) is 13.1 Å².